The van der Waals surface area contributed by atoms with E-state index in [1.165, 1.54) is 24.3 Å². The molecule has 0 radical (unpaired) electrons. The lowest BCUT2D eigenvalue weighted by Crippen LogP contribution is -2.01. The van der Waals surface area contributed by atoms with E-state index in [4.69, 9.17) is 62.8 Å². The van der Waals surface area contributed by atoms with Crippen LogP contribution in [0.4, 0.5) is 34.1 Å². The number of ether oxygens (including phenoxy) is 6. The van der Waals surface area contributed by atoms with Gasteiger partial charge < -0.3 is 62.8 Å². The van der Waals surface area contributed by atoms with E-state index < -0.39 is 9.84 Å². The summed E-state index contributed by atoms with van der Waals surface area (Å²) in [6, 6.07) is 73.5. The average molecular weight is 1120 g/mol. The lowest BCUT2D eigenvalue weighted by atomic mass is 9.90. The minimum atomic E-state index is -3.67. The van der Waals surface area contributed by atoms with Gasteiger partial charge in [-0.2, -0.15) is 0 Å². The van der Waals surface area contributed by atoms with E-state index in [2.05, 4.69) is 6.92 Å². The summed E-state index contributed by atoms with van der Waals surface area (Å²) in [6.07, 6.45) is 0.649. The van der Waals surface area contributed by atoms with Crippen LogP contribution >= 0.6 is 0 Å². The molecule has 11 aromatic carbocycles. The zero-order valence-electron chi connectivity index (χ0n) is 45.0. The molecular weight excluding hydrogens is 1060 g/mol. The molecule has 0 atom stereocenters. The fraction of sp³-hybridized carbons (Fsp3) is 0.0294. The fourth-order valence-corrected chi connectivity index (χ4v) is 9.91. The maximum Gasteiger partial charge on any atom is 0.206 e. The van der Waals surface area contributed by atoms with Gasteiger partial charge in [0.15, 0.2) is 0 Å². The van der Waals surface area contributed by atoms with E-state index in [-0.39, 0.29) is 9.79 Å². The molecule has 11 aromatic rings. The molecule has 83 heavy (non-hydrogen) atoms. The Bertz CT molecular complexity index is 3960. The third kappa shape index (κ3) is 14.1. The van der Waals surface area contributed by atoms with Crippen molar-refractivity contribution in [1.82, 2.24) is 0 Å². The molecule has 11 rings (SSSR count). The summed E-state index contributed by atoms with van der Waals surface area (Å²) in [6.45, 7) is 2.10. The first-order valence-corrected chi connectivity index (χ1v) is 27.8. The predicted octanol–water partition coefficient (Wildman–Crippen LogP) is 16.3. The van der Waals surface area contributed by atoms with Crippen molar-refractivity contribution in [1.29, 1.82) is 0 Å². The largest absolute Gasteiger partial charge is 0.457 e. The van der Waals surface area contributed by atoms with Crippen LogP contribution in [0.15, 0.2) is 259 Å². The summed E-state index contributed by atoms with van der Waals surface area (Å²) in [5.41, 5.74) is 43.5. The second-order valence-electron chi connectivity index (χ2n) is 19.0. The molecule has 0 aromatic heterocycles. The van der Waals surface area contributed by atoms with Crippen molar-refractivity contribution < 1.29 is 36.8 Å². The Balaban J connectivity index is 0.000000211. The molecule has 0 aliphatic heterocycles. The molecule has 0 unspecified atom stereocenters. The van der Waals surface area contributed by atoms with Crippen molar-refractivity contribution in [3.05, 3.63) is 254 Å². The van der Waals surface area contributed by atoms with Crippen LogP contribution in [-0.4, -0.2) is 8.42 Å². The molecule has 0 bridgehead atoms. The highest BCUT2D eigenvalue weighted by atomic mass is 32.2. The topological polar surface area (TPSA) is 246 Å². The number of rotatable bonds is 17. The molecule has 15 heteroatoms. The number of nitrogens with two attached hydrogens (primary N) is 6. The van der Waals surface area contributed by atoms with E-state index in [9.17, 15) is 8.42 Å². The number of anilines is 6. The molecule has 0 saturated heterocycles. The van der Waals surface area contributed by atoms with E-state index in [0.29, 0.717) is 110 Å². The first-order valence-electron chi connectivity index (χ1n) is 26.3. The van der Waals surface area contributed by atoms with E-state index in [1.807, 2.05) is 140 Å². The van der Waals surface area contributed by atoms with Crippen LogP contribution in [0.2, 0.25) is 0 Å². The van der Waals surface area contributed by atoms with Gasteiger partial charge in [-0.05, 0) is 242 Å². The molecule has 0 amide bonds. The van der Waals surface area contributed by atoms with Crippen molar-refractivity contribution in [3.63, 3.8) is 0 Å². The van der Waals surface area contributed by atoms with Crippen LogP contribution in [0.3, 0.4) is 0 Å². The molecule has 12 N–H and O–H groups in total. The summed E-state index contributed by atoms with van der Waals surface area (Å²) in [7, 11) is -3.67. The number of hydrogen-bond donors (Lipinski definition) is 6. The van der Waals surface area contributed by atoms with Gasteiger partial charge in [0.25, 0.3) is 0 Å². The molecule has 0 aliphatic carbocycles. The van der Waals surface area contributed by atoms with Gasteiger partial charge in [-0.3, -0.25) is 0 Å². The molecule has 0 saturated carbocycles. The molecule has 0 fully saturated rings. The van der Waals surface area contributed by atoms with Gasteiger partial charge in [0.1, 0.15) is 69.0 Å². The van der Waals surface area contributed by atoms with E-state index in [1.54, 1.807) is 84.9 Å². The van der Waals surface area contributed by atoms with E-state index >= 15 is 0 Å². The zero-order valence-corrected chi connectivity index (χ0v) is 45.8. The van der Waals surface area contributed by atoms with Gasteiger partial charge in [-0.15, -0.1) is 0 Å². The molecule has 0 heterocycles. The summed E-state index contributed by atoms with van der Waals surface area (Å²) in [5.74, 6) is 7.64. The van der Waals surface area contributed by atoms with Crippen LogP contribution < -0.4 is 62.8 Å². The van der Waals surface area contributed by atoms with Crippen LogP contribution in [-0.2, 0) is 16.3 Å². The van der Waals surface area contributed by atoms with Crippen molar-refractivity contribution in [2.75, 3.05) is 34.4 Å². The Kier molecular flexibility index (Phi) is 16.6. The molecule has 0 aliphatic rings. The minimum absolute atomic E-state index is 0.171. The van der Waals surface area contributed by atoms with Gasteiger partial charge in [-0.25, -0.2) is 8.42 Å². The first-order chi connectivity index (χ1) is 40.2. The number of benzene rings is 11. The Labute approximate surface area is 481 Å². The quantitative estimate of drug-likeness (QED) is 0.0465. The third-order valence-electron chi connectivity index (χ3n) is 12.9. The van der Waals surface area contributed by atoms with Crippen LogP contribution in [0, 0.1) is 0 Å². The highest BCUT2D eigenvalue weighted by Crippen LogP contribution is 2.49. The summed E-state index contributed by atoms with van der Waals surface area (Å²) in [5, 5.41) is 0. The normalized spacial score (nSPS) is 10.9. The Morgan fingerprint density at radius 3 is 0.831 bits per heavy atom. The Morgan fingerprint density at radius 2 is 0.542 bits per heavy atom. The second kappa shape index (κ2) is 25.0. The Hall–Kier alpha value is -11.0. The lowest BCUT2D eigenvalue weighted by molar-refractivity contribution is 0.467. The van der Waals surface area contributed by atoms with Gasteiger partial charge in [0, 0.05) is 50.8 Å². The maximum atomic E-state index is 12.9. The standard InChI is InChI=1S/C44H38N4O4.C24H20N2O4S/c1-2-40-42(51-38-23-11-32(47)12-24-38)27-41(28-3-15-34(16-4-28)49-36-19-7-30(45)8-20-36)44(52-39-25-13-33(48)14-26-39)43(40)29-5-17-35(18-6-29)50-37-21-9-31(46)10-22-37;25-17-1-5-19(6-2-17)29-21-9-13-23(14-10-21)31(27,28)24-15-11-22(12-16-24)30-20-7-3-18(26)4-8-20/h3-27H,2,45-48H2,1H3;1-16H,25-26H2. The second-order valence-corrected chi connectivity index (χ2v) is 20.9. The highest BCUT2D eigenvalue weighted by molar-refractivity contribution is 7.91. The number of sulfone groups is 1. The molecule has 414 valence electrons. The molecular formula is C68H58N6O8S. The number of nitrogen functional groups attached to an aromatic ring is 6. The number of hydrogen-bond acceptors (Lipinski definition) is 14. The minimum Gasteiger partial charge on any atom is -0.457 e. The summed E-state index contributed by atoms with van der Waals surface area (Å²) >= 11 is 0. The smallest absolute Gasteiger partial charge is 0.206 e. The van der Waals surface area contributed by atoms with Crippen LogP contribution in [0.5, 0.6) is 69.0 Å². The monoisotopic (exact) mass is 1120 g/mol. The summed E-state index contributed by atoms with van der Waals surface area (Å²) in [4.78, 5) is 0.341. The predicted molar refractivity (Wildman–Crippen MR) is 331 cm³/mol. The van der Waals surface area contributed by atoms with Crippen molar-refractivity contribution >= 4 is 44.0 Å². The highest BCUT2D eigenvalue weighted by Gasteiger charge is 2.24. The fourth-order valence-electron chi connectivity index (χ4n) is 8.65. The van der Waals surface area contributed by atoms with Gasteiger partial charge in [0.2, 0.25) is 9.84 Å². The average Bonchev–Trinajstić information content (AvgIpc) is 3.65. The maximum absolute atomic E-state index is 12.9. The molecule has 14 nitrogen and oxygen atoms in total. The van der Waals surface area contributed by atoms with Gasteiger partial charge >= 0.3 is 0 Å². The summed E-state index contributed by atoms with van der Waals surface area (Å²) < 4.78 is 63.0. The first kappa shape index (κ1) is 55.3. The van der Waals surface area contributed by atoms with Crippen molar-refractivity contribution in [2.45, 2.75) is 23.1 Å². The lowest BCUT2D eigenvalue weighted by Gasteiger charge is -2.23. The van der Waals surface area contributed by atoms with Gasteiger partial charge in [-0.1, -0.05) is 31.2 Å². The van der Waals surface area contributed by atoms with E-state index in [0.717, 1.165) is 27.8 Å². The Morgan fingerprint density at radius 1 is 0.301 bits per heavy atom. The van der Waals surface area contributed by atoms with Crippen molar-refractivity contribution in [3.8, 4) is 91.2 Å². The van der Waals surface area contributed by atoms with Gasteiger partial charge in [0.05, 0.1) is 9.79 Å². The SMILES string of the molecule is CCc1c(Oc2ccc(N)cc2)cc(-c2ccc(Oc3ccc(N)cc3)cc2)c(Oc2ccc(N)cc2)c1-c1ccc(Oc2ccc(N)cc2)cc1.Nc1ccc(Oc2ccc(S(=O)(=O)c3ccc(Oc4ccc(N)cc4)cc3)cc2)cc1. The van der Waals surface area contributed by atoms with Crippen LogP contribution in [0.1, 0.15) is 12.5 Å². The van der Waals surface area contributed by atoms with Crippen molar-refractivity contribution in [2.24, 2.45) is 0 Å². The van der Waals surface area contributed by atoms with Crippen LogP contribution in [0.25, 0.3) is 22.3 Å². The zero-order chi connectivity index (χ0) is 57.9. The molecule has 0 spiro atoms. The third-order valence-corrected chi connectivity index (χ3v) is 14.7.